The average molecular weight is 386 g/mol. The Morgan fingerprint density at radius 1 is 1.00 bits per heavy atom. The number of aryl methyl sites for hydroxylation is 1. The molecule has 1 aromatic carbocycles. The number of benzene rings is 1. The Morgan fingerprint density at radius 3 is 2.33 bits per heavy atom. The van der Waals surface area contributed by atoms with Crippen LogP contribution in [0, 0.1) is 6.92 Å². The lowest BCUT2D eigenvalue weighted by Gasteiger charge is -2.16. The number of pyridine rings is 1. The molecule has 0 spiro atoms. The smallest absolute Gasteiger partial charge is 0.274 e. The summed E-state index contributed by atoms with van der Waals surface area (Å²) < 4.78 is 0. The first-order chi connectivity index (χ1) is 13.0. The van der Waals surface area contributed by atoms with Gasteiger partial charge >= 0.3 is 0 Å². The molecule has 1 heterocycles. The van der Waals surface area contributed by atoms with E-state index in [1.807, 2.05) is 6.92 Å². The van der Waals surface area contributed by atoms with Crippen LogP contribution >= 0.6 is 11.6 Å². The predicted molar refractivity (Wildman–Crippen MR) is 107 cm³/mol. The Kier molecular flexibility index (Phi) is 6.45. The minimum absolute atomic E-state index is 0.191. The molecule has 5 nitrogen and oxygen atoms in total. The number of halogens is 1. The third-order valence-electron chi connectivity index (χ3n) is 4.84. The van der Waals surface area contributed by atoms with Crippen molar-refractivity contribution >= 4 is 29.1 Å². The van der Waals surface area contributed by atoms with Crippen molar-refractivity contribution in [3.8, 4) is 0 Å². The standard InChI is InChI=1S/C21H24ClN3O2/c1-14-13-15(22)11-12-17(14)25-21(27)19-10-6-9-18(24-19)20(26)23-16-7-4-2-3-5-8-16/h6,9-13,16H,2-5,7-8H2,1H3,(H,23,26)(H,25,27). The van der Waals surface area contributed by atoms with Gasteiger partial charge in [-0.25, -0.2) is 4.98 Å². The highest BCUT2D eigenvalue weighted by Crippen LogP contribution is 2.20. The van der Waals surface area contributed by atoms with Crippen LogP contribution in [-0.4, -0.2) is 22.8 Å². The molecule has 0 saturated heterocycles. The number of carbonyl (C=O) groups excluding carboxylic acids is 2. The van der Waals surface area contributed by atoms with E-state index in [-0.39, 0.29) is 29.2 Å². The molecule has 1 fully saturated rings. The van der Waals surface area contributed by atoms with Gasteiger partial charge in [0.25, 0.3) is 11.8 Å². The molecule has 1 aromatic heterocycles. The highest BCUT2D eigenvalue weighted by Gasteiger charge is 2.18. The second-order valence-electron chi connectivity index (χ2n) is 6.98. The van der Waals surface area contributed by atoms with Crippen LogP contribution in [0.25, 0.3) is 0 Å². The van der Waals surface area contributed by atoms with E-state index in [1.54, 1.807) is 36.4 Å². The molecule has 0 unspecified atom stereocenters. The van der Waals surface area contributed by atoms with Gasteiger partial charge in [0.15, 0.2) is 0 Å². The lowest BCUT2D eigenvalue weighted by Crippen LogP contribution is -2.35. The molecule has 2 amide bonds. The number of carbonyl (C=O) groups is 2. The first-order valence-corrected chi connectivity index (χ1v) is 9.76. The van der Waals surface area contributed by atoms with Gasteiger partial charge in [0.1, 0.15) is 11.4 Å². The third kappa shape index (κ3) is 5.30. The van der Waals surface area contributed by atoms with Crippen molar-refractivity contribution < 1.29 is 9.59 Å². The normalized spacial score (nSPS) is 15.0. The van der Waals surface area contributed by atoms with Crippen LogP contribution in [0.5, 0.6) is 0 Å². The van der Waals surface area contributed by atoms with Crippen molar-refractivity contribution in [2.24, 2.45) is 0 Å². The van der Waals surface area contributed by atoms with Crippen molar-refractivity contribution in [2.45, 2.75) is 51.5 Å². The van der Waals surface area contributed by atoms with Gasteiger partial charge in [-0.2, -0.15) is 0 Å². The Balaban J connectivity index is 1.68. The molecular weight excluding hydrogens is 362 g/mol. The van der Waals surface area contributed by atoms with E-state index in [1.165, 1.54) is 12.8 Å². The molecule has 0 aliphatic heterocycles. The molecule has 2 aromatic rings. The number of nitrogens with zero attached hydrogens (tertiary/aromatic N) is 1. The van der Waals surface area contributed by atoms with Gasteiger partial charge in [-0.15, -0.1) is 0 Å². The fourth-order valence-electron chi connectivity index (χ4n) is 3.32. The molecule has 1 aliphatic carbocycles. The fraction of sp³-hybridized carbons (Fsp3) is 0.381. The Hall–Kier alpha value is -2.40. The van der Waals surface area contributed by atoms with E-state index in [4.69, 9.17) is 11.6 Å². The topological polar surface area (TPSA) is 71.1 Å². The van der Waals surface area contributed by atoms with Crippen molar-refractivity contribution in [3.05, 3.63) is 58.4 Å². The summed E-state index contributed by atoms with van der Waals surface area (Å²) in [5.74, 6) is -0.580. The number of aromatic nitrogens is 1. The zero-order chi connectivity index (χ0) is 19.2. The minimum Gasteiger partial charge on any atom is -0.348 e. The third-order valence-corrected chi connectivity index (χ3v) is 5.08. The first-order valence-electron chi connectivity index (χ1n) is 9.38. The second-order valence-corrected chi connectivity index (χ2v) is 7.42. The minimum atomic E-state index is -0.357. The molecule has 3 rings (SSSR count). The SMILES string of the molecule is Cc1cc(Cl)ccc1NC(=O)c1cccc(C(=O)NC2CCCCCC2)n1. The second kappa shape index (κ2) is 9.00. The van der Waals surface area contributed by atoms with E-state index >= 15 is 0 Å². The van der Waals surface area contributed by atoms with E-state index in [0.29, 0.717) is 10.7 Å². The van der Waals surface area contributed by atoms with Gasteiger partial charge < -0.3 is 10.6 Å². The van der Waals surface area contributed by atoms with Gasteiger partial charge in [-0.1, -0.05) is 43.4 Å². The maximum absolute atomic E-state index is 12.5. The average Bonchev–Trinajstić information content (AvgIpc) is 2.92. The summed E-state index contributed by atoms with van der Waals surface area (Å²) in [7, 11) is 0. The van der Waals surface area contributed by atoms with Crippen molar-refractivity contribution in [1.82, 2.24) is 10.3 Å². The summed E-state index contributed by atoms with van der Waals surface area (Å²) in [4.78, 5) is 29.3. The Bertz CT molecular complexity index is 830. The molecule has 142 valence electrons. The predicted octanol–water partition coefficient (Wildman–Crippen LogP) is 4.75. The monoisotopic (exact) mass is 385 g/mol. The van der Waals surface area contributed by atoms with Gasteiger partial charge in [-0.3, -0.25) is 9.59 Å². The molecule has 1 saturated carbocycles. The quantitative estimate of drug-likeness (QED) is 0.746. The highest BCUT2D eigenvalue weighted by molar-refractivity contribution is 6.30. The maximum atomic E-state index is 12.5. The summed E-state index contributed by atoms with van der Waals surface area (Å²) in [5, 5.41) is 6.49. The number of rotatable bonds is 4. The van der Waals surface area contributed by atoms with Gasteiger partial charge in [0, 0.05) is 16.8 Å². The van der Waals surface area contributed by atoms with Crippen LogP contribution in [-0.2, 0) is 0 Å². The molecule has 0 atom stereocenters. The summed E-state index contributed by atoms with van der Waals surface area (Å²) >= 11 is 5.95. The lowest BCUT2D eigenvalue weighted by atomic mass is 10.1. The molecule has 0 bridgehead atoms. The summed E-state index contributed by atoms with van der Waals surface area (Å²) in [5.41, 5.74) is 2.00. The van der Waals surface area contributed by atoms with Crippen LogP contribution in [0.4, 0.5) is 5.69 Å². The largest absolute Gasteiger partial charge is 0.348 e. The zero-order valence-electron chi connectivity index (χ0n) is 15.4. The summed E-state index contributed by atoms with van der Waals surface area (Å²) in [6.07, 6.45) is 6.74. The number of hydrogen-bond acceptors (Lipinski definition) is 3. The van der Waals surface area contributed by atoms with Crippen molar-refractivity contribution in [2.75, 3.05) is 5.32 Å². The van der Waals surface area contributed by atoms with Gasteiger partial charge in [-0.05, 0) is 55.7 Å². The molecule has 2 N–H and O–H groups in total. The summed E-state index contributed by atoms with van der Waals surface area (Å²) in [6.45, 7) is 1.87. The van der Waals surface area contributed by atoms with Gasteiger partial charge in [0.2, 0.25) is 0 Å². The van der Waals surface area contributed by atoms with Crippen molar-refractivity contribution in [1.29, 1.82) is 0 Å². The molecule has 27 heavy (non-hydrogen) atoms. The number of hydrogen-bond donors (Lipinski definition) is 2. The van der Waals surface area contributed by atoms with Crippen LogP contribution < -0.4 is 10.6 Å². The van der Waals surface area contributed by atoms with Crippen LogP contribution in [0.15, 0.2) is 36.4 Å². The molecule has 0 radical (unpaired) electrons. The van der Waals surface area contributed by atoms with E-state index in [9.17, 15) is 9.59 Å². The summed E-state index contributed by atoms with van der Waals surface area (Å²) in [6, 6.07) is 10.3. The lowest BCUT2D eigenvalue weighted by molar-refractivity contribution is 0.0928. The van der Waals surface area contributed by atoms with E-state index in [2.05, 4.69) is 15.6 Å². The van der Waals surface area contributed by atoms with Crippen LogP contribution in [0.2, 0.25) is 5.02 Å². The van der Waals surface area contributed by atoms with E-state index in [0.717, 1.165) is 31.2 Å². The number of anilines is 1. The molecular formula is C21H24ClN3O2. The Labute approximate surface area is 164 Å². The maximum Gasteiger partial charge on any atom is 0.274 e. The number of amides is 2. The zero-order valence-corrected chi connectivity index (χ0v) is 16.2. The fourth-order valence-corrected chi connectivity index (χ4v) is 3.55. The molecule has 1 aliphatic rings. The van der Waals surface area contributed by atoms with Crippen molar-refractivity contribution in [3.63, 3.8) is 0 Å². The Morgan fingerprint density at radius 2 is 1.67 bits per heavy atom. The van der Waals surface area contributed by atoms with Crippen LogP contribution in [0.3, 0.4) is 0 Å². The highest BCUT2D eigenvalue weighted by atomic mass is 35.5. The first kappa shape index (κ1) is 19.4. The van der Waals surface area contributed by atoms with Crippen LogP contribution in [0.1, 0.15) is 65.1 Å². The number of nitrogens with one attached hydrogen (secondary N) is 2. The van der Waals surface area contributed by atoms with E-state index < -0.39 is 0 Å². The molecule has 6 heteroatoms. The van der Waals surface area contributed by atoms with Gasteiger partial charge in [0.05, 0.1) is 0 Å².